The fourth-order valence-corrected chi connectivity index (χ4v) is 3.03. The quantitative estimate of drug-likeness (QED) is 0.704. The Bertz CT molecular complexity index is 438. The molecule has 0 N–H and O–H groups in total. The normalized spacial score (nSPS) is 22.0. The molecule has 1 aliphatic carbocycles. The third-order valence-electron chi connectivity index (χ3n) is 4.28. The summed E-state index contributed by atoms with van der Waals surface area (Å²) in [4.78, 5) is 12.2. The van der Waals surface area contributed by atoms with Gasteiger partial charge in [0.15, 0.2) is 5.78 Å². The first-order valence-corrected chi connectivity index (χ1v) is 8.12. The molecule has 1 saturated carbocycles. The van der Waals surface area contributed by atoms with E-state index in [1.165, 1.54) is 19.3 Å². The van der Waals surface area contributed by atoms with E-state index in [-0.39, 0.29) is 18.5 Å². The molecule has 0 radical (unpaired) electrons. The molecule has 0 spiro atoms. The van der Waals surface area contributed by atoms with Crippen LogP contribution in [0.3, 0.4) is 0 Å². The summed E-state index contributed by atoms with van der Waals surface area (Å²) in [6.45, 7) is 4.98. The highest BCUT2D eigenvalue weighted by Crippen LogP contribution is 2.29. The Kier molecular flexibility index (Phi) is 6.24. The molecule has 0 bridgehead atoms. The zero-order valence-corrected chi connectivity index (χ0v) is 13.1. The fraction of sp³-hybridized carbons (Fsp3) is 0.611. The zero-order chi connectivity index (χ0) is 15.1. The lowest BCUT2D eigenvalue weighted by atomic mass is 9.85. The molecule has 0 aliphatic heterocycles. The summed E-state index contributed by atoms with van der Waals surface area (Å²) < 4.78 is 11.3. The van der Waals surface area contributed by atoms with Crippen molar-refractivity contribution >= 4 is 5.78 Å². The average molecular weight is 290 g/mol. The summed E-state index contributed by atoms with van der Waals surface area (Å²) >= 11 is 0. The first-order valence-electron chi connectivity index (χ1n) is 8.12. The topological polar surface area (TPSA) is 35.5 Å². The Morgan fingerprint density at radius 1 is 1.14 bits per heavy atom. The fourth-order valence-electron chi connectivity index (χ4n) is 3.03. The van der Waals surface area contributed by atoms with Crippen molar-refractivity contribution in [2.24, 2.45) is 5.92 Å². The summed E-state index contributed by atoms with van der Waals surface area (Å²) in [6, 6.07) is 7.31. The summed E-state index contributed by atoms with van der Waals surface area (Å²) in [5.74, 6) is 1.47. The molecule has 0 amide bonds. The number of carbonyl (C=O) groups excluding carboxylic acids is 1. The molecular formula is C18H26O3. The van der Waals surface area contributed by atoms with Crippen LogP contribution in [0.25, 0.3) is 0 Å². The summed E-state index contributed by atoms with van der Waals surface area (Å²) in [6.07, 6.45) is 6.24. The van der Waals surface area contributed by atoms with Crippen molar-refractivity contribution < 1.29 is 14.3 Å². The Labute approximate surface area is 127 Å². The highest BCUT2D eigenvalue weighted by molar-refractivity contribution is 5.97. The second-order valence-electron chi connectivity index (χ2n) is 5.68. The van der Waals surface area contributed by atoms with E-state index in [0.717, 1.165) is 18.6 Å². The van der Waals surface area contributed by atoms with Gasteiger partial charge in [0.2, 0.25) is 0 Å². The largest absolute Gasteiger partial charge is 0.494 e. The molecule has 1 aromatic carbocycles. The van der Waals surface area contributed by atoms with Crippen LogP contribution in [0.15, 0.2) is 24.3 Å². The van der Waals surface area contributed by atoms with Crippen LogP contribution < -0.4 is 4.74 Å². The average Bonchev–Trinajstić information content (AvgIpc) is 2.54. The van der Waals surface area contributed by atoms with Gasteiger partial charge in [-0.15, -0.1) is 0 Å². The first kappa shape index (κ1) is 16.0. The van der Waals surface area contributed by atoms with E-state index in [4.69, 9.17) is 9.47 Å². The van der Waals surface area contributed by atoms with E-state index in [9.17, 15) is 4.79 Å². The number of ketones is 1. The number of Topliss-reactive ketones (excluding diaryl/α,β-unsaturated/α-hetero) is 1. The van der Waals surface area contributed by atoms with Crippen LogP contribution >= 0.6 is 0 Å². The van der Waals surface area contributed by atoms with Crippen molar-refractivity contribution in [3.8, 4) is 5.75 Å². The lowest BCUT2D eigenvalue weighted by molar-refractivity contribution is -0.00570. The third kappa shape index (κ3) is 4.57. The molecule has 2 rings (SSSR count). The number of ether oxygens (including phenoxy) is 2. The molecule has 1 aromatic rings. The van der Waals surface area contributed by atoms with Crippen molar-refractivity contribution in [3.05, 3.63) is 29.8 Å². The molecule has 3 heteroatoms. The first-order chi connectivity index (χ1) is 10.2. The van der Waals surface area contributed by atoms with Crippen molar-refractivity contribution in [3.63, 3.8) is 0 Å². The molecule has 0 heterocycles. The Morgan fingerprint density at radius 2 is 1.86 bits per heavy atom. The molecule has 3 nitrogen and oxygen atoms in total. The van der Waals surface area contributed by atoms with Crippen LogP contribution in [0.5, 0.6) is 5.75 Å². The summed E-state index contributed by atoms with van der Waals surface area (Å²) in [7, 11) is 0. The van der Waals surface area contributed by atoms with Gasteiger partial charge in [-0.1, -0.05) is 26.2 Å². The van der Waals surface area contributed by atoms with Crippen LogP contribution in [-0.2, 0) is 4.74 Å². The number of benzene rings is 1. The molecular weight excluding hydrogens is 264 g/mol. The van der Waals surface area contributed by atoms with Gasteiger partial charge in [0, 0.05) is 5.56 Å². The zero-order valence-electron chi connectivity index (χ0n) is 13.1. The van der Waals surface area contributed by atoms with E-state index in [1.807, 2.05) is 31.2 Å². The van der Waals surface area contributed by atoms with Crippen LogP contribution in [0.1, 0.15) is 56.3 Å². The maximum atomic E-state index is 12.2. The smallest absolute Gasteiger partial charge is 0.188 e. The van der Waals surface area contributed by atoms with Crippen molar-refractivity contribution in [1.82, 2.24) is 0 Å². The van der Waals surface area contributed by atoms with Crippen LogP contribution in [0.4, 0.5) is 0 Å². The van der Waals surface area contributed by atoms with Gasteiger partial charge >= 0.3 is 0 Å². The molecule has 2 unspecified atom stereocenters. The van der Waals surface area contributed by atoms with Gasteiger partial charge in [0.05, 0.1) is 12.7 Å². The minimum Gasteiger partial charge on any atom is -0.494 e. The predicted octanol–water partition coefficient (Wildman–Crippen LogP) is 4.25. The number of carbonyl (C=O) groups is 1. The Balaban J connectivity index is 1.85. The number of hydrogen-bond donors (Lipinski definition) is 0. The predicted molar refractivity (Wildman–Crippen MR) is 83.9 cm³/mol. The summed E-state index contributed by atoms with van der Waals surface area (Å²) in [5.41, 5.74) is 0.697. The van der Waals surface area contributed by atoms with Gasteiger partial charge in [0.1, 0.15) is 12.4 Å². The van der Waals surface area contributed by atoms with Crippen LogP contribution in [0, 0.1) is 5.92 Å². The molecule has 1 fully saturated rings. The second-order valence-corrected chi connectivity index (χ2v) is 5.68. The van der Waals surface area contributed by atoms with E-state index in [1.54, 1.807) is 0 Å². The molecule has 21 heavy (non-hydrogen) atoms. The van der Waals surface area contributed by atoms with E-state index < -0.39 is 0 Å². The Morgan fingerprint density at radius 3 is 2.52 bits per heavy atom. The lowest BCUT2D eigenvalue weighted by Gasteiger charge is -2.30. The van der Waals surface area contributed by atoms with Crippen molar-refractivity contribution in [2.75, 3.05) is 13.2 Å². The van der Waals surface area contributed by atoms with E-state index in [2.05, 4.69) is 6.92 Å². The Hall–Kier alpha value is -1.35. The second kappa shape index (κ2) is 8.18. The number of rotatable bonds is 7. The van der Waals surface area contributed by atoms with Gasteiger partial charge < -0.3 is 9.47 Å². The van der Waals surface area contributed by atoms with E-state index in [0.29, 0.717) is 18.1 Å². The lowest BCUT2D eigenvalue weighted by Crippen LogP contribution is -2.29. The molecule has 2 atom stereocenters. The molecule has 116 valence electrons. The summed E-state index contributed by atoms with van der Waals surface area (Å²) in [5, 5.41) is 0. The number of hydrogen-bond acceptors (Lipinski definition) is 3. The van der Waals surface area contributed by atoms with Crippen LogP contribution in [-0.4, -0.2) is 25.1 Å². The molecule has 1 aliphatic rings. The highest BCUT2D eigenvalue weighted by atomic mass is 16.5. The molecule has 0 saturated heterocycles. The van der Waals surface area contributed by atoms with E-state index >= 15 is 0 Å². The van der Waals surface area contributed by atoms with Gasteiger partial charge in [0.25, 0.3) is 0 Å². The standard InChI is InChI=1S/C18H26O3/c1-3-14-7-5-6-8-18(14)21-13-17(19)15-9-11-16(12-10-15)20-4-2/h9-12,14,18H,3-8,13H2,1-2H3. The maximum Gasteiger partial charge on any atom is 0.188 e. The van der Waals surface area contributed by atoms with Gasteiger partial charge in [-0.2, -0.15) is 0 Å². The minimum absolute atomic E-state index is 0.0541. The van der Waals surface area contributed by atoms with Crippen LogP contribution in [0.2, 0.25) is 0 Å². The minimum atomic E-state index is 0.0541. The van der Waals surface area contributed by atoms with Gasteiger partial charge in [-0.05, 0) is 49.9 Å². The van der Waals surface area contributed by atoms with Gasteiger partial charge in [-0.25, -0.2) is 0 Å². The molecule has 0 aromatic heterocycles. The maximum absolute atomic E-state index is 12.2. The monoisotopic (exact) mass is 290 g/mol. The SMILES string of the molecule is CCOc1ccc(C(=O)COC2CCCCC2CC)cc1. The third-order valence-corrected chi connectivity index (χ3v) is 4.28. The van der Waals surface area contributed by atoms with Gasteiger partial charge in [-0.3, -0.25) is 4.79 Å². The van der Waals surface area contributed by atoms with Crippen molar-refractivity contribution in [2.45, 2.75) is 52.1 Å². The highest BCUT2D eigenvalue weighted by Gasteiger charge is 2.25. The van der Waals surface area contributed by atoms with Crippen molar-refractivity contribution in [1.29, 1.82) is 0 Å².